The number of hydrogen-bond donors (Lipinski definition) is 0. The van der Waals surface area contributed by atoms with Crippen LogP contribution in [0.25, 0.3) is 11.3 Å². The summed E-state index contributed by atoms with van der Waals surface area (Å²) in [6.07, 6.45) is -4.12. The molecule has 4 rings (SSSR count). The molecule has 0 saturated heterocycles. The maximum absolute atomic E-state index is 13.5. The highest BCUT2D eigenvalue weighted by Crippen LogP contribution is 2.42. The Bertz CT molecular complexity index is 1180. The van der Waals surface area contributed by atoms with E-state index in [1.165, 1.54) is 15.6 Å². The van der Waals surface area contributed by atoms with Crippen LogP contribution in [0.15, 0.2) is 39.8 Å². The predicted molar refractivity (Wildman–Crippen MR) is 102 cm³/mol. The Morgan fingerprint density at radius 2 is 1.83 bits per heavy atom. The molecule has 3 heterocycles. The highest BCUT2D eigenvalue weighted by molar-refractivity contribution is 7.89. The fourth-order valence-electron chi connectivity index (χ4n) is 3.60. The van der Waals surface area contributed by atoms with Crippen LogP contribution in [0.5, 0.6) is 0 Å². The van der Waals surface area contributed by atoms with E-state index in [1.54, 1.807) is 13.8 Å². The summed E-state index contributed by atoms with van der Waals surface area (Å²) in [5.74, 6) is -1.26. The normalized spacial score (nSPS) is 15.5. The Morgan fingerprint density at radius 3 is 2.48 bits per heavy atom. The topological polar surface area (TPSA) is 63.4 Å². The van der Waals surface area contributed by atoms with Crippen molar-refractivity contribution in [1.82, 2.24) is 9.46 Å². The highest BCUT2D eigenvalue weighted by Gasteiger charge is 2.39. The second kappa shape index (κ2) is 6.96. The lowest BCUT2D eigenvalue weighted by Crippen LogP contribution is -2.36. The SMILES string of the molecule is Cc1sc(C)c(S(=O)(=O)N2CCc3ccccc3C2)c1-c1cc(C(F)(F)F)on1. The number of nitrogens with zero attached hydrogens (tertiary/aromatic N) is 2. The van der Waals surface area contributed by atoms with Crippen LogP contribution in [0.3, 0.4) is 0 Å². The van der Waals surface area contributed by atoms with Gasteiger partial charge >= 0.3 is 6.18 Å². The molecule has 0 unspecified atom stereocenters. The molecule has 5 nitrogen and oxygen atoms in total. The van der Waals surface area contributed by atoms with E-state index in [0.717, 1.165) is 17.2 Å². The third-order valence-electron chi connectivity index (χ3n) is 4.94. The second-order valence-electron chi connectivity index (χ2n) is 6.85. The first-order chi connectivity index (χ1) is 13.6. The van der Waals surface area contributed by atoms with Gasteiger partial charge in [-0.15, -0.1) is 11.3 Å². The van der Waals surface area contributed by atoms with Crippen molar-refractivity contribution in [3.05, 3.63) is 57.0 Å². The van der Waals surface area contributed by atoms with Gasteiger partial charge in [-0.1, -0.05) is 29.4 Å². The molecule has 1 aliphatic rings. The number of alkyl halides is 3. The Morgan fingerprint density at radius 1 is 1.14 bits per heavy atom. The van der Waals surface area contributed by atoms with Crippen LogP contribution in [0, 0.1) is 13.8 Å². The van der Waals surface area contributed by atoms with E-state index in [1.807, 2.05) is 24.3 Å². The molecule has 0 bridgehead atoms. The molecule has 0 saturated carbocycles. The first-order valence-corrected chi connectivity index (χ1v) is 11.1. The van der Waals surface area contributed by atoms with E-state index in [9.17, 15) is 21.6 Å². The molecule has 2 aromatic heterocycles. The molecule has 0 spiro atoms. The maximum Gasteiger partial charge on any atom is 0.452 e. The largest absolute Gasteiger partial charge is 0.452 e. The molecule has 3 aromatic rings. The molecule has 10 heteroatoms. The molecule has 0 radical (unpaired) electrons. The van der Waals surface area contributed by atoms with Crippen molar-refractivity contribution in [3.8, 4) is 11.3 Å². The molecular formula is C19H17F3N2O3S2. The molecular weight excluding hydrogens is 425 g/mol. The van der Waals surface area contributed by atoms with Gasteiger partial charge in [0.2, 0.25) is 15.8 Å². The Kier molecular flexibility index (Phi) is 4.83. The van der Waals surface area contributed by atoms with Crippen LogP contribution in [-0.4, -0.2) is 24.4 Å². The average molecular weight is 442 g/mol. The number of aromatic nitrogens is 1. The van der Waals surface area contributed by atoms with Crippen molar-refractivity contribution in [1.29, 1.82) is 0 Å². The molecule has 1 aromatic carbocycles. The van der Waals surface area contributed by atoms with E-state index in [2.05, 4.69) is 9.68 Å². The number of thiophene rings is 1. The second-order valence-corrected chi connectivity index (χ2v) is 10.2. The van der Waals surface area contributed by atoms with Gasteiger partial charge < -0.3 is 4.52 Å². The minimum Gasteiger partial charge on any atom is -0.351 e. The standard InChI is InChI=1S/C19H17F3N2O3S2/c1-11-17(15-9-16(27-23-15)19(20,21)22)18(12(2)28-11)29(25,26)24-8-7-13-5-3-4-6-14(13)10-24/h3-6,9H,7-8,10H2,1-2H3. The summed E-state index contributed by atoms with van der Waals surface area (Å²) in [6, 6.07) is 8.37. The minimum absolute atomic E-state index is 0.00130. The average Bonchev–Trinajstić information content (AvgIpc) is 3.25. The van der Waals surface area contributed by atoms with Crippen LogP contribution < -0.4 is 0 Å². The summed E-state index contributed by atoms with van der Waals surface area (Å²) in [5.41, 5.74) is 2.07. The lowest BCUT2D eigenvalue weighted by molar-refractivity contribution is -0.155. The number of halogens is 3. The van der Waals surface area contributed by atoms with Crippen LogP contribution in [0.1, 0.15) is 26.6 Å². The minimum atomic E-state index is -4.69. The van der Waals surface area contributed by atoms with Crippen LogP contribution in [0.4, 0.5) is 13.2 Å². The van der Waals surface area contributed by atoms with Crippen molar-refractivity contribution < 1.29 is 26.1 Å². The molecule has 0 amide bonds. The predicted octanol–water partition coefficient (Wildman–Crippen LogP) is 4.79. The van der Waals surface area contributed by atoms with Crippen molar-refractivity contribution >= 4 is 21.4 Å². The number of hydrogen-bond acceptors (Lipinski definition) is 5. The molecule has 154 valence electrons. The summed E-state index contributed by atoms with van der Waals surface area (Å²) in [4.78, 5) is 1.08. The summed E-state index contributed by atoms with van der Waals surface area (Å²) in [5, 5.41) is 3.51. The smallest absolute Gasteiger partial charge is 0.351 e. The molecule has 0 N–H and O–H groups in total. The van der Waals surface area contributed by atoms with E-state index in [-0.39, 0.29) is 22.7 Å². The van der Waals surface area contributed by atoms with Crippen molar-refractivity contribution in [3.63, 3.8) is 0 Å². The first-order valence-electron chi connectivity index (χ1n) is 8.80. The Hall–Kier alpha value is -2.17. The van der Waals surface area contributed by atoms with Crippen LogP contribution in [0.2, 0.25) is 0 Å². The van der Waals surface area contributed by atoms with Gasteiger partial charge in [-0.05, 0) is 31.4 Å². The van der Waals surface area contributed by atoms with Gasteiger partial charge in [0.15, 0.2) is 0 Å². The summed E-state index contributed by atoms with van der Waals surface area (Å²) in [6.45, 7) is 3.84. The zero-order chi connectivity index (χ0) is 21.0. The molecule has 29 heavy (non-hydrogen) atoms. The van der Waals surface area contributed by atoms with Crippen molar-refractivity contribution in [2.75, 3.05) is 6.54 Å². The summed E-state index contributed by atoms with van der Waals surface area (Å²) in [7, 11) is -3.94. The van der Waals surface area contributed by atoms with E-state index in [0.29, 0.717) is 22.7 Å². The van der Waals surface area contributed by atoms with E-state index >= 15 is 0 Å². The fraction of sp³-hybridized carbons (Fsp3) is 0.316. The zero-order valence-electron chi connectivity index (χ0n) is 15.6. The molecule has 0 fully saturated rings. The third kappa shape index (κ3) is 3.49. The lowest BCUT2D eigenvalue weighted by atomic mass is 10.0. The number of aryl methyl sites for hydroxylation is 2. The number of sulfonamides is 1. The fourth-order valence-corrected chi connectivity index (χ4v) is 6.85. The van der Waals surface area contributed by atoms with Crippen molar-refractivity contribution in [2.45, 2.75) is 37.9 Å². The maximum atomic E-state index is 13.5. The van der Waals surface area contributed by atoms with Gasteiger partial charge in [-0.2, -0.15) is 17.5 Å². The highest BCUT2D eigenvalue weighted by atomic mass is 32.2. The molecule has 1 aliphatic heterocycles. The lowest BCUT2D eigenvalue weighted by Gasteiger charge is -2.28. The number of benzene rings is 1. The van der Waals surface area contributed by atoms with Crippen LogP contribution >= 0.6 is 11.3 Å². The summed E-state index contributed by atoms with van der Waals surface area (Å²) >= 11 is 1.22. The van der Waals surface area contributed by atoms with Gasteiger partial charge in [-0.3, -0.25) is 0 Å². The third-order valence-corrected chi connectivity index (χ3v) is 8.11. The van der Waals surface area contributed by atoms with Crippen molar-refractivity contribution in [2.24, 2.45) is 0 Å². The van der Waals surface area contributed by atoms with Gasteiger partial charge in [0.05, 0.1) is 0 Å². The molecule has 0 aliphatic carbocycles. The van der Waals surface area contributed by atoms with Gasteiger partial charge in [0.25, 0.3) is 0 Å². The van der Waals surface area contributed by atoms with Gasteiger partial charge in [0, 0.05) is 34.5 Å². The molecule has 0 atom stereocenters. The van der Waals surface area contributed by atoms with E-state index < -0.39 is 22.0 Å². The van der Waals surface area contributed by atoms with Gasteiger partial charge in [0.1, 0.15) is 10.6 Å². The first kappa shape index (κ1) is 20.1. The number of fused-ring (bicyclic) bond motifs is 1. The van der Waals surface area contributed by atoms with E-state index in [4.69, 9.17) is 0 Å². The zero-order valence-corrected chi connectivity index (χ0v) is 17.2. The Balaban J connectivity index is 1.79. The Labute approximate surface area is 169 Å². The number of rotatable bonds is 3. The monoisotopic (exact) mass is 442 g/mol. The van der Waals surface area contributed by atoms with Gasteiger partial charge in [-0.25, -0.2) is 8.42 Å². The summed E-state index contributed by atoms with van der Waals surface area (Å²) < 4.78 is 71.6. The quantitative estimate of drug-likeness (QED) is 0.585. The van der Waals surface area contributed by atoms with Crippen LogP contribution in [-0.2, 0) is 29.2 Å².